The van der Waals surface area contributed by atoms with Crippen molar-refractivity contribution in [2.75, 3.05) is 0 Å². The fraction of sp³-hybridized carbons (Fsp3) is 0.692. The van der Waals surface area contributed by atoms with Crippen molar-refractivity contribution in [1.82, 2.24) is 0 Å². The van der Waals surface area contributed by atoms with E-state index in [4.69, 9.17) is 4.43 Å². The van der Waals surface area contributed by atoms with E-state index in [0.717, 1.165) is 24.2 Å². The molecule has 0 bridgehead atoms. The Balaban J connectivity index is 2.63. The molecule has 3 heteroatoms. The van der Waals surface area contributed by atoms with Gasteiger partial charge in [-0.1, -0.05) is 26.8 Å². The molecule has 1 N–H and O–H groups in total. The molecule has 0 saturated carbocycles. The topological polar surface area (TPSA) is 29.5 Å². The van der Waals surface area contributed by atoms with E-state index in [1.54, 1.807) is 0 Å². The van der Waals surface area contributed by atoms with Gasteiger partial charge in [0, 0.05) is 6.42 Å². The van der Waals surface area contributed by atoms with Crippen molar-refractivity contribution >= 4 is 9.76 Å². The molecule has 0 aliphatic heterocycles. The second-order valence-electron chi connectivity index (χ2n) is 6.22. The van der Waals surface area contributed by atoms with E-state index in [1.807, 2.05) is 19.9 Å². The predicted octanol–water partition coefficient (Wildman–Crippen LogP) is 2.68. The van der Waals surface area contributed by atoms with Crippen LogP contribution in [0.2, 0.25) is 5.04 Å². The number of hydrogen-bond donors (Lipinski definition) is 1. The number of allylic oxidation sites excluding steroid dienone is 2. The van der Waals surface area contributed by atoms with Gasteiger partial charge in [-0.15, -0.1) is 0 Å². The summed E-state index contributed by atoms with van der Waals surface area (Å²) in [5, 5.41) is 10.2. The molecule has 0 fully saturated rings. The molecular formula is C13H24O2Si. The van der Waals surface area contributed by atoms with Gasteiger partial charge in [-0.2, -0.15) is 0 Å². The highest BCUT2D eigenvalue weighted by molar-refractivity contribution is 6.32. The molecule has 0 amide bonds. The van der Waals surface area contributed by atoms with E-state index in [-0.39, 0.29) is 0 Å². The van der Waals surface area contributed by atoms with Crippen LogP contribution in [-0.2, 0) is 4.43 Å². The molecule has 0 aromatic rings. The standard InChI is InChI=1S/C13H24O2Si/c1-12(2,3)16-15-11-8-6-7-10(9-11)13(4,5)14/h7,9,14H,6,8,16H2,1-5H3. The van der Waals surface area contributed by atoms with Crippen LogP contribution in [0.5, 0.6) is 0 Å². The summed E-state index contributed by atoms with van der Waals surface area (Å²) in [6.07, 6.45) is 6.07. The quantitative estimate of drug-likeness (QED) is 0.769. The Hall–Kier alpha value is -0.543. The molecule has 0 saturated heterocycles. The molecule has 1 aliphatic carbocycles. The van der Waals surface area contributed by atoms with Gasteiger partial charge in [0.1, 0.15) is 0 Å². The van der Waals surface area contributed by atoms with E-state index in [9.17, 15) is 5.11 Å². The first-order valence-corrected chi connectivity index (χ1v) is 7.23. The highest BCUT2D eigenvalue weighted by Gasteiger charge is 2.21. The lowest BCUT2D eigenvalue weighted by Gasteiger charge is -2.25. The Morgan fingerprint density at radius 2 is 1.88 bits per heavy atom. The zero-order valence-electron chi connectivity index (χ0n) is 11.1. The summed E-state index contributed by atoms with van der Waals surface area (Å²) in [5.41, 5.74) is 0.231. The minimum absolute atomic E-state index is 0.316. The second kappa shape index (κ2) is 4.76. The summed E-state index contributed by atoms with van der Waals surface area (Å²) in [6.45, 7) is 10.3. The molecular weight excluding hydrogens is 216 g/mol. The smallest absolute Gasteiger partial charge is 0.224 e. The van der Waals surface area contributed by atoms with E-state index >= 15 is 0 Å². The van der Waals surface area contributed by atoms with Gasteiger partial charge in [0.2, 0.25) is 9.76 Å². The molecule has 2 nitrogen and oxygen atoms in total. The third-order valence-corrected chi connectivity index (χ3v) is 3.85. The van der Waals surface area contributed by atoms with Crippen LogP contribution < -0.4 is 0 Å². The zero-order valence-corrected chi connectivity index (χ0v) is 12.5. The summed E-state index contributed by atoms with van der Waals surface area (Å²) in [5.74, 6) is 1.06. The first-order valence-electron chi connectivity index (χ1n) is 5.95. The normalized spacial score (nSPS) is 18.6. The van der Waals surface area contributed by atoms with Gasteiger partial charge in [-0.25, -0.2) is 0 Å². The molecule has 0 aromatic heterocycles. The van der Waals surface area contributed by atoms with Crippen molar-refractivity contribution in [1.29, 1.82) is 0 Å². The largest absolute Gasteiger partial charge is 0.552 e. The number of rotatable bonds is 3. The highest BCUT2D eigenvalue weighted by atomic mass is 28.2. The fourth-order valence-electron chi connectivity index (χ4n) is 1.52. The van der Waals surface area contributed by atoms with Gasteiger partial charge in [-0.3, -0.25) is 0 Å². The highest BCUT2D eigenvalue weighted by Crippen LogP contribution is 2.28. The summed E-state index contributed by atoms with van der Waals surface area (Å²) in [4.78, 5) is 0. The second-order valence-corrected chi connectivity index (χ2v) is 8.92. The van der Waals surface area contributed by atoms with Crippen molar-refractivity contribution in [2.45, 2.75) is 58.1 Å². The predicted molar refractivity (Wildman–Crippen MR) is 71.0 cm³/mol. The lowest BCUT2D eigenvalue weighted by molar-refractivity contribution is 0.122. The molecule has 0 radical (unpaired) electrons. The number of aliphatic hydroxyl groups is 1. The Morgan fingerprint density at radius 3 is 2.38 bits per heavy atom. The maximum Gasteiger partial charge on any atom is 0.224 e. The van der Waals surface area contributed by atoms with Gasteiger partial charge >= 0.3 is 0 Å². The molecule has 0 spiro atoms. The van der Waals surface area contributed by atoms with Crippen molar-refractivity contribution < 1.29 is 9.53 Å². The van der Waals surface area contributed by atoms with Crippen molar-refractivity contribution in [3.05, 3.63) is 23.5 Å². The monoisotopic (exact) mass is 240 g/mol. The summed E-state index contributed by atoms with van der Waals surface area (Å²) in [6, 6.07) is 0. The molecule has 0 heterocycles. The first-order chi connectivity index (χ1) is 7.18. The lowest BCUT2D eigenvalue weighted by Crippen LogP contribution is -2.23. The van der Waals surface area contributed by atoms with Gasteiger partial charge < -0.3 is 9.53 Å². The Bertz CT molecular complexity index is 303. The summed E-state index contributed by atoms with van der Waals surface area (Å²) >= 11 is 0. The van der Waals surface area contributed by atoms with E-state index in [0.29, 0.717) is 5.04 Å². The number of hydrogen-bond acceptors (Lipinski definition) is 2. The van der Waals surface area contributed by atoms with Gasteiger partial charge in [0.15, 0.2) is 0 Å². The third kappa shape index (κ3) is 4.54. The first kappa shape index (κ1) is 13.5. The Morgan fingerprint density at radius 1 is 1.25 bits per heavy atom. The van der Waals surface area contributed by atoms with E-state index in [2.05, 4.69) is 26.8 Å². The Labute approximate surface area is 101 Å². The lowest BCUT2D eigenvalue weighted by atomic mass is 9.92. The molecule has 92 valence electrons. The average Bonchev–Trinajstić information content (AvgIpc) is 2.13. The maximum absolute atomic E-state index is 9.93. The van der Waals surface area contributed by atoms with Crippen LogP contribution in [-0.4, -0.2) is 20.5 Å². The summed E-state index contributed by atoms with van der Waals surface area (Å²) in [7, 11) is -0.539. The van der Waals surface area contributed by atoms with Crippen molar-refractivity contribution in [3.8, 4) is 0 Å². The van der Waals surface area contributed by atoms with E-state index in [1.165, 1.54) is 0 Å². The minimum atomic E-state index is -0.752. The maximum atomic E-state index is 9.93. The van der Waals surface area contributed by atoms with Gasteiger partial charge in [-0.05, 0) is 37.0 Å². The molecule has 0 unspecified atom stereocenters. The van der Waals surface area contributed by atoms with Crippen LogP contribution in [0.15, 0.2) is 23.5 Å². The molecule has 16 heavy (non-hydrogen) atoms. The van der Waals surface area contributed by atoms with Crippen molar-refractivity contribution in [3.63, 3.8) is 0 Å². The van der Waals surface area contributed by atoms with Crippen LogP contribution in [0.3, 0.4) is 0 Å². The molecule has 0 aromatic carbocycles. The fourth-order valence-corrected chi connectivity index (χ4v) is 2.37. The van der Waals surface area contributed by atoms with Crippen molar-refractivity contribution in [2.24, 2.45) is 0 Å². The van der Waals surface area contributed by atoms with Crippen LogP contribution >= 0.6 is 0 Å². The van der Waals surface area contributed by atoms with Gasteiger partial charge in [0.25, 0.3) is 0 Å². The summed E-state index contributed by atoms with van der Waals surface area (Å²) < 4.78 is 5.92. The van der Waals surface area contributed by atoms with E-state index < -0.39 is 15.4 Å². The van der Waals surface area contributed by atoms with Crippen LogP contribution in [0.25, 0.3) is 0 Å². The minimum Gasteiger partial charge on any atom is -0.552 e. The third-order valence-electron chi connectivity index (χ3n) is 2.47. The average molecular weight is 240 g/mol. The molecule has 0 atom stereocenters. The molecule has 1 rings (SSSR count). The van der Waals surface area contributed by atoms with Crippen LogP contribution in [0.1, 0.15) is 47.5 Å². The molecule has 1 aliphatic rings. The Kier molecular flexibility index (Phi) is 4.02. The SMILES string of the molecule is CC(C)(C)[SiH2]OC1=CC(C(C)(C)O)=CCC1. The van der Waals surface area contributed by atoms with Crippen LogP contribution in [0.4, 0.5) is 0 Å². The zero-order chi connectivity index (χ0) is 12.4. The van der Waals surface area contributed by atoms with Crippen LogP contribution in [0, 0.1) is 0 Å². The van der Waals surface area contributed by atoms with Gasteiger partial charge in [0.05, 0.1) is 11.4 Å².